The molecule has 0 spiro atoms. The Kier molecular flexibility index (Phi) is 3.01. The van der Waals surface area contributed by atoms with Crippen molar-refractivity contribution >= 4 is 28.1 Å². The number of benzene rings is 3. The van der Waals surface area contributed by atoms with E-state index in [9.17, 15) is 4.79 Å². The molecule has 0 aliphatic carbocycles. The number of carbonyl (C=O) groups excluding carboxylic acids is 1. The van der Waals surface area contributed by atoms with Crippen molar-refractivity contribution < 1.29 is 4.79 Å². The van der Waals surface area contributed by atoms with E-state index in [1.54, 1.807) is 6.07 Å². The van der Waals surface area contributed by atoms with Crippen LogP contribution in [0.4, 0.5) is 0 Å². The third-order valence-electron chi connectivity index (χ3n) is 4.02. The fraction of sp³-hybridized carbons (Fsp3) is 0.0500. The highest BCUT2D eigenvalue weighted by atomic mass is 16.1. The van der Waals surface area contributed by atoms with Crippen LogP contribution in [0.15, 0.2) is 66.7 Å². The Morgan fingerprint density at radius 1 is 0.955 bits per heavy atom. The minimum Gasteiger partial charge on any atom is -0.335 e. The van der Waals surface area contributed by atoms with Crippen molar-refractivity contribution in [3.8, 4) is 0 Å². The van der Waals surface area contributed by atoms with Crippen LogP contribution in [0, 0.1) is 6.07 Å². The number of nitrogens with zero attached hydrogens (tertiary/aromatic N) is 1. The Balaban J connectivity index is 2.00. The molecule has 105 valence electrons. The summed E-state index contributed by atoms with van der Waals surface area (Å²) in [4.78, 5) is 11.1. The minimum atomic E-state index is 0.662. The Hall–Kier alpha value is -2.87. The molecule has 0 aliphatic rings. The van der Waals surface area contributed by atoms with Gasteiger partial charge in [0, 0.05) is 34.5 Å². The topological polar surface area (TPSA) is 22.0 Å². The molecule has 0 aliphatic heterocycles. The smallest absolute Gasteiger partial charge is 0.150 e. The van der Waals surface area contributed by atoms with E-state index in [1.165, 1.54) is 11.1 Å². The number of para-hydroxylation sites is 1. The largest absolute Gasteiger partial charge is 0.335 e. The number of rotatable bonds is 3. The summed E-state index contributed by atoms with van der Waals surface area (Å²) in [6, 6.07) is 25.7. The molecule has 0 unspecified atom stereocenters. The zero-order valence-corrected chi connectivity index (χ0v) is 12.0. The Labute approximate surface area is 128 Å². The lowest BCUT2D eigenvalue weighted by molar-refractivity contribution is 0.112. The van der Waals surface area contributed by atoms with Crippen LogP contribution in [-0.2, 0) is 6.54 Å². The van der Waals surface area contributed by atoms with Gasteiger partial charge in [-0.2, -0.15) is 0 Å². The summed E-state index contributed by atoms with van der Waals surface area (Å²) in [7, 11) is 0. The maximum absolute atomic E-state index is 11.1. The third kappa shape index (κ3) is 2.01. The van der Waals surface area contributed by atoms with Crippen molar-refractivity contribution in [2.75, 3.05) is 0 Å². The maximum atomic E-state index is 11.1. The highest BCUT2D eigenvalue weighted by Gasteiger charge is 2.11. The van der Waals surface area contributed by atoms with Gasteiger partial charge < -0.3 is 4.57 Å². The molecule has 22 heavy (non-hydrogen) atoms. The molecule has 0 saturated heterocycles. The summed E-state index contributed by atoms with van der Waals surface area (Å²) in [6.45, 7) is 0.793. The van der Waals surface area contributed by atoms with E-state index < -0.39 is 0 Å². The third-order valence-corrected chi connectivity index (χ3v) is 4.02. The van der Waals surface area contributed by atoms with Crippen molar-refractivity contribution in [3.63, 3.8) is 0 Å². The summed E-state index contributed by atoms with van der Waals surface area (Å²) in [6.07, 6.45) is 0.874. The molecule has 1 heterocycles. The van der Waals surface area contributed by atoms with Crippen molar-refractivity contribution in [2.45, 2.75) is 6.54 Å². The van der Waals surface area contributed by atoms with Crippen molar-refractivity contribution in [2.24, 2.45) is 0 Å². The van der Waals surface area contributed by atoms with Gasteiger partial charge >= 0.3 is 0 Å². The fourth-order valence-electron chi connectivity index (χ4n) is 2.99. The summed E-state index contributed by atoms with van der Waals surface area (Å²) in [5.41, 5.74) is 4.12. The van der Waals surface area contributed by atoms with Gasteiger partial charge in [-0.15, -0.1) is 0 Å². The molecule has 0 amide bonds. The molecular formula is C20H14NO. The van der Waals surface area contributed by atoms with E-state index in [4.69, 9.17) is 0 Å². The predicted molar refractivity (Wildman–Crippen MR) is 89.2 cm³/mol. The second-order valence-corrected chi connectivity index (χ2v) is 5.40. The van der Waals surface area contributed by atoms with Crippen LogP contribution < -0.4 is 0 Å². The van der Waals surface area contributed by atoms with Gasteiger partial charge in [0.15, 0.2) is 0 Å². The summed E-state index contributed by atoms with van der Waals surface area (Å²) in [5, 5.41) is 2.24. The molecule has 0 N–H and O–H groups in total. The average molecular weight is 284 g/mol. The zero-order valence-electron chi connectivity index (χ0n) is 12.0. The van der Waals surface area contributed by atoms with Gasteiger partial charge in [0.1, 0.15) is 6.29 Å². The van der Waals surface area contributed by atoms with Gasteiger partial charge in [-0.1, -0.05) is 48.5 Å². The molecule has 4 aromatic rings. The van der Waals surface area contributed by atoms with Crippen molar-refractivity contribution in [3.05, 3.63) is 83.9 Å². The van der Waals surface area contributed by atoms with E-state index >= 15 is 0 Å². The molecule has 1 radical (unpaired) electrons. The van der Waals surface area contributed by atoms with Crippen LogP contribution in [0.5, 0.6) is 0 Å². The number of carbonyl (C=O) groups is 1. The van der Waals surface area contributed by atoms with Gasteiger partial charge in [-0.3, -0.25) is 4.79 Å². The number of aromatic nitrogens is 1. The van der Waals surface area contributed by atoms with Gasteiger partial charge in [0.2, 0.25) is 0 Å². The summed E-state index contributed by atoms with van der Waals surface area (Å²) >= 11 is 0. The molecule has 3 aromatic carbocycles. The molecule has 0 bridgehead atoms. The molecule has 0 atom stereocenters. The lowest BCUT2D eigenvalue weighted by Crippen LogP contribution is -1.99. The first-order valence-corrected chi connectivity index (χ1v) is 7.28. The molecular weight excluding hydrogens is 270 g/mol. The first-order chi connectivity index (χ1) is 10.9. The van der Waals surface area contributed by atoms with Crippen molar-refractivity contribution in [1.29, 1.82) is 0 Å². The Morgan fingerprint density at radius 3 is 2.55 bits per heavy atom. The second-order valence-electron chi connectivity index (χ2n) is 5.40. The molecule has 0 saturated carbocycles. The van der Waals surface area contributed by atoms with Gasteiger partial charge in [0.25, 0.3) is 0 Å². The molecule has 0 fully saturated rings. The molecule has 1 aromatic heterocycles. The zero-order chi connectivity index (χ0) is 14.9. The Morgan fingerprint density at radius 2 is 1.73 bits per heavy atom. The molecule has 2 heteroatoms. The quantitative estimate of drug-likeness (QED) is 0.509. The number of hydrogen-bond donors (Lipinski definition) is 0. The standard InChI is InChI=1S/C20H14NO/c22-14-16-10-11-20-18(12-16)17-8-4-5-9-19(17)21(20)13-15-6-2-1-3-7-15/h1-10,12,14H,13H2. The monoisotopic (exact) mass is 284 g/mol. The lowest BCUT2D eigenvalue weighted by Gasteiger charge is -2.07. The Bertz CT molecular complexity index is 967. The summed E-state index contributed by atoms with van der Waals surface area (Å²) < 4.78 is 2.26. The van der Waals surface area contributed by atoms with Crippen molar-refractivity contribution in [1.82, 2.24) is 4.57 Å². The van der Waals surface area contributed by atoms with E-state index in [1.807, 2.05) is 24.3 Å². The average Bonchev–Trinajstić information content (AvgIpc) is 2.89. The van der Waals surface area contributed by atoms with Gasteiger partial charge in [0.05, 0.1) is 5.52 Å². The predicted octanol–water partition coefficient (Wildman–Crippen LogP) is 4.46. The maximum Gasteiger partial charge on any atom is 0.150 e. The van der Waals surface area contributed by atoms with Gasteiger partial charge in [-0.25, -0.2) is 0 Å². The molecule has 2 nitrogen and oxygen atoms in total. The van der Waals surface area contributed by atoms with E-state index in [0.717, 1.165) is 29.1 Å². The van der Waals surface area contributed by atoms with E-state index in [-0.39, 0.29) is 0 Å². The van der Waals surface area contributed by atoms with E-state index in [0.29, 0.717) is 5.56 Å². The van der Waals surface area contributed by atoms with Gasteiger partial charge in [-0.05, 0) is 23.8 Å². The normalized spacial score (nSPS) is 11.1. The van der Waals surface area contributed by atoms with E-state index in [2.05, 4.69) is 47.0 Å². The van der Waals surface area contributed by atoms with Crippen LogP contribution in [0.2, 0.25) is 0 Å². The van der Waals surface area contributed by atoms with Crippen LogP contribution in [-0.4, -0.2) is 10.9 Å². The van der Waals surface area contributed by atoms with Crippen LogP contribution in [0.25, 0.3) is 21.8 Å². The van der Waals surface area contributed by atoms with Crippen LogP contribution in [0.3, 0.4) is 0 Å². The number of aldehydes is 1. The molecule has 4 rings (SSSR count). The SMILES string of the molecule is O=Cc1c[c]c2c(c1)c1ccccc1n2Cc1ccccc1. The first kappa shape index (κ1) is 12.8. The number of hydrogen-bond acceptors (Lipinski definition) is 1. The lowest BCUT2D eigenvalue weighted by atomic mass is 10.1. The highest BCUT2D eigenvalue weighted by Crippen LogP contribution is 2.29. The van der Waals surface area contributed by atoms with Crippen LogP contribution in [0.1, 0.15) is 15.9 Å². The minimum absolute atomic E-state index is 0.662. The highest BCUT2D eigenvalue weighted by molar-refractivity contribution is 6.09. The fourth-order valence-corrected chi connectivity index (χ4v) is 2.99. The number of fused-ring (bicyclic) bond motifs is 3. The first-order valence-electron chi connectivity index (χ1n) is 7.28. The summed E-state index contributed by atoms with van der Waals surface area (Å²) in [5.74, 6) is 0. The second kappa shape index (κ2) is 5.15. The van der Waals surface area contributed by atoms with Crippen LogP contribution >= 0.6 is 0 Å².